The summed E-state index contributed by atoms with van der Waals surface area (Å²) in [5.41, 5.74) is 9.52. The molecule has 0 fully saturated rings. The van der Waals surface area contributed by atoms with Gasteiger partial charge in [0.25, 0.3) is 0 Å². The van der Waals surface area contributed by atoms with Gasteiger partial charge in [0.1, 0.15) is 28.8 Å². The number of benzene rings is 5. The molecular formula is C91H151ClF2N2O7. The SMILES string of the molecule is C.C.C.C.C.C.C.CC(C)COc1ccc(C(C)C)cn1.CC(C)COc1ccc(F)c(C(C)C)c1.CC(C)COc1cccc(C(C)C)c1.CC(C)COc1ccnc(C(C)C)c1.CC(C)c1ccc(C(C)C)cc1.CC(C)c1ccc(F)c2c1OCO2.CCCOc1cc(C(C)C)ccc1Cl. The van der Waals surface area contributed by atoms with E-state index in [0.29, 0.717) is 82.5 Å². The highest BCUT2D eigenvalue weighted by atomic mass is 35.5. The molecule has 0 radical (unpaired) electrons. The third-order valence-electron chi connectivity index (χ3n) is 14.7. The smallest absolute Gasteiger partial charge is 0.231 e. The van der Waals surface area contributed by atoms with Crippen LogP contribution >= 0.6 is 11.6 Å². The molecule has 0 aliphatic carbocycles. The van der Waals surface area contributed by atoms with Crippen LogP contribution in [0.5, 0.6) is 40.4 Å². The molecule has 2 aromatic heterocycles. The number of aromatic nitrogens is 2. The van der Waals surface area contributed by atoms with Gasteiger partial charge in [0, 0.05) is 35.8 Å². The Balaban J connectivity index is -0.000000264. The number of hydrogen-bond donors (Lipinski definition) is 0. The van der Waals surface area contributed by atoms with Gasteiger partial charge in [0.05, 0.1) is 38.1 Å². The molecule has 0 N–H and O–H groups in total. The maximum atomic E-state index is 13.4. The van der Waals surface area contributed by atoms with Crippen molar-refractivity contribution in [3.63, 3.8) is 0 Å². The maximum absolute atomic E-state index is 13.4. The molecular weight excluding hydrogens is 1310 g/mol. The molecule has 0 saturated heterocycles. The van der Waals surface area contributed by atoms with Crippen LogP contribution in [0, 0.1) is 35.3 Å². The van der Waals surface area contributed by atoms with E-state index in [1.54, 1.807) is 18.2 Å². The summed E-state index contributed by atoms with van der Waals surface area (Å²) in [5.74, 6) is 10.6. The van der Waals surface area contributed by atoms with Crippen LogP contribution in [0.1, 0.15) is 323 Å². The Bertz CT molecular complexity index is 3130. The highest BCUT2D eigenvalue weighted by molar-refractivity contribution is 6.32. The quantitative estimate of drug-likeness (QED) is 0.0621. The molecule has 7 aromatic rings. The minimum atomic E-state index is -0.350. The van der Waals surface area contributed by atoms with E-state index >= 15 is 0 Å². The Hall–Kier alpha value is -6.85. The molecule has 1 aliphatic heterocycles. The maximum Gasteiger partial charge on any atom is 0.231 e. The molecule has 0 saturated carbocycles. The van der Waals surface area contributed by atoms with Crippen molar-refractivity contribution >= 4 is 11.6 Å². The molecule has 588 valence electrons. The van der Waals surface area contributed by atoms with Crippen LogP contribution in [0.15, 0.2) is 134 Å². The summed E-state index contributed by atoms with van der Waals surface area (Å²) in [5, 5.41) is 0.697. The summed E-state index contributed by atoms with van der Waals surface area (Å²) in [7, 11) is 0. The topological polar surface area (TPSA) is 90.4 Å². The van der Waals surface area contributed by atoms with Crippen molar-refractivity contribution in [1.29, 1.82) is 0 Å². The first-order chi connectivity index (χ1) is 45.2. The average molecular weight is 1460 g/mol. The predicted octanol–water partition coefficient (Wildman–Crippen LogP) is 29.6. The van der Waals surface area contributed by atoms with E-state index in [1.165, 1.54) is 39.9 Å². The van der Waals surface area contributed by atoms with Gasteiger partial charge in [-0.2, -0.15) is 0 Å². The molecule has 8 rings (SSSR count). The number of halogens is 3. The van der Waals surface area contributed by atoms with E-state index in [4.69, 9.17) is 44.8 Å². The van der Waals surface area contributed by atoms with Gasteiger partial charge in [0.2, 0.25) is 18.4 Å². The number of nitrogens with zero attached hydrogens (tertiary/aromatic N) is 2. The molecule has 3 heterocycles. The van der Waals surface area contributed by atoms with E-state index in [-0.39, 0.29) is 82.1 Å². The van der Waals surface area contributed by atoms with E-state index in [0.717, 1.165) is 78.5 Å². The lowest BCUT2D eigenvalue weighted by Gasteiger charge is -2.12. The molecule has 9 nitrogen and oxygen atoms in total. The Kier molecular flexibility index (Phi) is 59.8. The largest absolute Gasteiger partial charge is 0.493 e. The van der Waals surface area contributed by atoms with Crippen LogP contribution < -0.4 is 33.2 Å². The number of ether oxygens (including phenoxy) is 7. The average Bonchev–Trinajstić information content (AvgIpc) is 1.68. The van der Waals surface area contributed by atoms with Crippen molar-refractivity contribution in [2.45, 2.75) is 279 Å². The monoisotopic (exact) mass is 1460 g/mol. The Morgan fingerprint density at radius 1 is 0.379 bits per heavy atom. The van der Waals surface area contributed by atoms with Crippen LogP contribution in [0.25, 0.3) is 0 Å². The van der Waals surface area contributed by atoms with Crippen molar-refractivity contribution in [3.8, 4) is 40.4 Å². The number of rotatable bonds is 23. The first-order valence-electron chi connectivity index (χ1n) is 35.2. The van der Waals surface area contributed by atoms with Crippen LogP contribution in [0.2, 0.25) is 5.02 Å². The first-order valence-corrected chi connectivity index (χ1v) is 35.5. The van der Waals surface area contributed by atoms with Crippen LogP contribution in [0.4, 0.5) is 8.78 Å². The highest BCUT2D eigenvalue weighted by Gasteiger charge is 2.23. The summed E-state index contributed by atoms with van der Waals surface area (Å²) >= 11 is 6.01. The van der Waals surface area contributed by atoms with E-state index in [9.17, 15) is 8.78 Å². The summed E-state index contributed by atoms with van der Waals surface area (Å²) in [6.45, 7) is 57.2. The van der Waals surface area contributed by atoms with Gasteiger partial charge >= 0.3 is 0 Å². The number of fused-ring (bicyclic) bond motifs is 1. The zero-order valence-corrected chi connectivity index (χ0v) is 64.2. The van der Waals surface area contributed by atoms with Crippen molar-refractivity contribution in [1.82, 2.24) is 9.97 Å². The van der Waals surface area contributed by atoms with Crippen molar-refractivity contribution in [3.05, 3.63) is 195 Å². The first kappa shape index (κ1) is 107. The second kappa shape index (κ2) is 57.5. The summed E-state index contributed by atoms with van der Waals surface area (Å²) in [4.78, 5) is 8.54. The van der Waals surface area contributed by atoms with Gasteiger partial charge < -0.3 is 33.2 Å². The lowest BCUT2D eigenvalue weighted by Crippen LogP contribution is -2.05. The Labute approximate surface area is 637 Å². The molecule has 1 aliphatic rings. The zero-order valence-electron chi connectivity index (χ0n) is 63.5. The fourth-order valence-electron chi connectivity index (χ4n) is 8.62. The molecule has 0 atom stereocenters. The van der Waals surface area contributed by atoms with Gasteiger partial charge in [-0.05, 0) is 165 Å². The summed E-state index contributed by atoms with van der Waals surface area (Å²) in [6.07, 6.45) is 4.70. The van der Waals surface area contributed by atoms with Crippen LogP contribution in [-0.2, 0) is 0 Å². The number of hydrogen-bond acceptors (Lipinski definition) is 9. The molecule has 0 spiro atoms. The van der Waals surface area contributed by atoms with E-state index in [2.05, 4.69) is 204 Å². The second-order valence-corrected chi connectivity index (χ2v) is 29.0. The van der Waals surface area contributed by atoms with Crippen molar-refractivity contribution < 1.29 is 41.9 Å². The lowest BCUT2D eigenvalue weighted by molar-refractivity contribution is 0.170. The Morgan fingerprint density at radius 2 is 0.806 bits per heavy atom. The minimum Gasteiger partial charge on any atom is -0.493 e. The highest BCUT2D eigenvalue weighted by Crippen LogP contribution is 2.41. The fraction of sp³-hybridized carbons (Fsp3) is 0.560. The van der Waals surface area contributed by atoms with Gasteiger partial charge in [0.15, 0.2) is 11.6 Å². The third-order valence-corrected chi connectivity index (χ3v) is 15.0. The molecule has 103 heavy (non-hydrogen) atoms. The second-order valence-electron chi connectivity index (χ2n) is 28.6. The van der Waals surface area contributed by atoms with Gasteiger partial charge in [-0.3, -0.25) is 4.98 Å². The van der Waals surface area contributed by atoms with Crippen LogP contribution in [0.3, 0.4) is 0 Å². The third kappa shape index (κ3) is 43.3. The van der Waals surface area contributed by atoms with Gasteiger partial charge in [-0.15, -0.1) is 0 Å². The molecule has 0 unspecified atom stereocenters. The standard InChI is InChI=1S/C13H19FO.C13H20O.C12H17ClO.2C12H19NO.C12H18.C10H11FO2.7CH4/c1-9(2)8-15-11-5-6-13(14)12(7-11)10(3)4;1-10(2)9-14-13-7-5-6-12(8-13)11(3)4;1-4-7-14-12-8-10(9(2)3)5-6-11(12)13;1-9(2)8-14-11-5-6-13-12(7-11)10(3)4;1-9(2)8-14-12-6-5-11(7-13-12)10(3)4;1-9(2)11-5-7-12(8-6-11)10(3)4;1-6(2)7-3-4-8(11)10-9(7)12-5-13-10;;;;;;;/h5-7,9-10H,8H2,1-4H3;5-8,10-11H,9H2,1-4H3;5-6,8-9H,4,7H2,1-3H3;2*5-7,9-10H,8H2,1-4H3;5-10H,1-4H3;3-4,6H,5H2,1-2H3;7*1H4. The molecule has 5 aromatic carbocycles. The summed E-state index contributed by atoms with van der Waals surface area (Å²) in [6, 6.07) is 39.4. The normalized spacial score (nSPS) is 10.6. The molecule has 0 bridgehead atoms. The van der Waals surface area contributed by atoms with Crippen molar-refractivity contribution in [2.75, 3.05) is 39.8 Å². The van der Waals surface area contributed by atoms with E-state index < -0.39 is 0 Å². The lowest BCUT2D eigenvalue weighted by atomic mass is 9.97. The fourth-order valence-corrected chi connectivity index (χ4v) is 8.79. The number of pyridine rings is 2. The minimum absolute atomic E-state index is 0. The molecule has 12 heteroatoms. The predicted molar refractivity (Wildman–Crippen MR) is 449 cm³/mol. The summed E-state index contributed by atoms with van der Waals surface area (Å²) < 4.78 is 64.6. The van der Waals surface area contributed by atoms with Gasteiger partial charge in [-0.25, -0.2) is 13.8 Å². The van der Waals surface area contributed by atoms with Gasteiger partial charge in [-0.1, -0.05) is 291 Å². The molecule has 0 amide bonds. The van der Waals surface area contributed by atoms with E-state index in [1.807, 2.05) is 82.6 Å². The van der Waals surface area contributed by atoms with Crippen LogP contribution in [-0.4, -0.2) is 49.8 Å². The van der Waals surface area contributed by atoms with Crippen molar-refractivity contribution in [2.24, 2.45) is 23.7 Å². The zero-order chi connectivity index (χ0) is 72.2. The Morgan fingerprint density at radius 3 is 1.24 bits per heavy atom.